The van der Waals surface area contributed by atoms with Crippen LogP contribution in [0.1, 0.15) is 40.7 Å². The van der Waals surface area contributed by atoms with Gasteiger partial charge in [0, 0.05) is 31.0 Å². The molecule has 2 aromatic carbocycles. The summed E-state index contributed by atoms with van der Waals surface area (Å²) in [5.41, 5.74) is 2.29. The number of aryl methyl sites for hydroxylation is 2. The van der Waals surface area contributed by atoms with Crippen molar-refractivity contribution in [2.24, 2.45) is 5.92 Å². The minimum absolute atomic E-state index is 0.235. The van der Waals surface area contributed by atoms with Gasteiger partial charge in [-0.25, -0.2) is 8.42 Å². The number of ether oxygens (including phenoxy) is 1. The lowest BCUT2D eigenvalue weighted by atomic mass is 10.2. The Kier molecular flexibility index (Phi) is 6.92. The van der Waals surface area contributed by atoms with Crippen LogP contribution in [0.25, 0.3) is 0 Å². The molecule has 0 saturated heterocycles. The highest BCUT2D eigenvalue weighted by molar-refractivity contribution is 7.92. The molecule has 0 aliphatic heterocycles. The van der Waals surface area contributed by atoms with Crippen LogP contribution in [0.2, 0.25) is 0 Å². The number of rotatable bonds is 10. The van der Waals surface area contributed by atoms with Crippen molar-refractivity contribution in [3.63, 3.8) is 0 Å². The normalized spacial score (nSPS) is 13.9. The van der Waals surface area contributed by atoms with Gasteiger partial charge in [-0.2, -0.15) is 0 Å². The molecule has 0 aromatic heterocycles. The number of anilines is 1. The third kappa shape index (κ3) is 6.30. The number of carbonyl (C=O) groups is 1. The molecule has 0 spiro atoms. The summed E-state index contributed by atoms with van der Waals surface area (Å²) in [5.74, 6) is 0.500. The van der Waals surface area contributed by atoms with Gasteiger partial charge < -0.3 is 10.1 Å². The Hall–Kier alpha value is -2.38. The summed E-state index contributed by atoms with van der Waals surface area (Å²) in [6, 6.07) is 11.8. The average Bonchev–Trinajstić information content (AvgIpc) is 3.50. The summed E-state index contributed by atoms with van der Waals surface area (Å²) in [5, 5.41) is 2.84. The van der Waals surface area contributed by atoms with Gasteiger partial charge in [-0.3, -0.25) is 9.52 Å². The van der Waals surface area contributed by atoms with E-state index in [2.05, 4.69) is 10.0 Å². The molecule has 1 fully saturated rings. The van der Waals surface area contributed by atoms with Gasteiger partial charge in [0.05, 0.1) is 4.90 Å². The molecule has 1 aliphatic carbocycles. The first kappa shape index (κ1) is 21.3. The molecule has 1 aliphatic rings. The zero-order valence-corrected chi connectivity index (χ0v) is 17.7. The second-order valence-corrected chi connectivity index (χ2v) is 9.23. The SMILES string of the molecule is Cc1ccc(C)c(S(=O)(=O)Nc2cccc(C(=O)NCCCOCC3CC3)c2)c1. The molecule has 3 rings (SSSR count). The van der Waals surface area contributed by atoms with Gasteiger partial charge in [0.15, 0.2) is 0 Å². The predicted molar refractivity (Wildman–Crippen MR) is 114 cm³/mol. The molecule has 1 saturated carbocycles. The van der Waals surface area contributed by atoms with Gasteiger partial charge in [-0.15, -0.1) is 0 Å². The van der Waals surface area contributed by atoms with E-state index >= 15 is 0 Å². The number of benzene rings is 2. The van der Waals surface area contributed by atoms with Crippen molar-refractivity contribution in [3.05, 3.63) is 59.2 Å². The molecule has 0 heterocycles. The first-order valence-corrected chi connectivity index (χ1v) is 11.4. The van der Waals surface area contributed by atoms with Gasteiger partial charge >= 0.3 is 0 Å². The lowest BCUT2D eigenvalue weighted by molar-refractivity contribution is 0.0937. The monoisotopic (exact) mass is 416 g/mol. The van der Waals surface area contributed by atoms with Crippen LogP contribution in [-0.2, 0) is 14.8 Å². The largest absolute Gasteiger partial charge is 0.381 e. The fourth-order valence-corrected chi connectivity index (χ4v) is 4.32. The Labute approximate surface area is 172 Å². The Morgan fingerprint density at radius 1 is 1.14 bits per heavy atom. The summed E-state index contributed by atoms with van der Waals surface area (Å²) < 4.78 is 33.6. The molecule has 6 nitrogen and oxygen atoms in total. The highest BCUT2D eigenvalue weighted by Gasteiger charge is 2.21. The highest BCUT2D eigenvalue weighted by atomic mass is 32.2. The van der Waals surface area contributed by atoms with Crippen LogP contribution < -0.4 is 10.0 Å². The summed E-state index contributed by atoms with van der Waals surface area (Å²) in [6.45, 7) is 5.57. The summed E-state index contributed by atoms with van der Waals surface area (Å²) >= 11 is 0. The number of carbonyl (C=O) groups excluding carboxylic acids is 1. The van der Waals surface area contributed by atoms with Crippen molar-refractivity contribution in [1.29, 1.82) is 0 Å². The second-order valence-electron chi connectivity index (χ2n) is 7.58. The van der Waals surface area contributed by atoms with E-state index in [9.17, 15) is 13.2 Å². The number of nitrogens with one attached hydrogen (secondary N) is 2. The Morgan fingerprint density at radius 3 is 2.69 bits per heavy atom. The van der Waals surface area contributed by atoms with Crippen molar-refractivity contribution in [1.82, 2.24) is 5.32 Å². The Morgan fingerprint density at radius 2 is 1.93 bits per heavy atom. The van der Waals surface area contributed by atoms with Crippen molar-refractivity contribution in [2.45, 2.75) is 38.0 Å². The molecule has 0 unspecified atom stereocenters. The van der Waals surface area contributed by atoms with Crippen molar-refractivity contribution >= 4 is 21.6 Å². The summed E-state index contributed by atoms with van der Waals surface area (Å²) in [4.78, 5) is 12.6. The Bertz CT molecular complexity index is 969. The van der Waals surface area contributed by atoms with Gasteiger partial charge in [-0.1, -0.05) is 18.2 Å². The van der Waals surface area contributed by atoms with Crippen LogP contribution in [0, 0.1) is 19.8 Å². The summed E-state index contributed by atoms with van der Waals surface area (Å²) in [7, 11) is -3.74. The van der Waals surface area contributed by atoms with Gasteiger partial charge in [-0.05, 0) is 74.4 Å². The van der Waals surface area contributed by atoms with Gasteiger partial charge in [0.2, 0.25) is 0 Å². The van der Waals surface area contributed by atoms with E-state index in [0.29, 0.717) is 30.0 Å². The van der Waals surface area contributed by atoms with E-state index in [0.717, 1.165) is 24.5 Å². The minimum Gasteiger partial charge on any atom is -0.381 e. The third-order valence-corrected chi connectivity index (χ3v) is 6.33. The van der Waals surface area contributed by atoms with Gasteiger partial charge in [0.25, 0.3) is 15.9 Å². The zero-order valence-electron chi connectivity index (χ0n) is 16.9. The fourth-order valence-electron chi connectivity index (χ4n) is 2.94. The molecule has 0 atom stereocenters. The number of sulfonamides is 1. The minimum atomic E-state index is -3.74. The van der Waals surface area contributed by atoms with Crippen LogP contribution in [0.3, 0.4) is 0 Å². The van der Waals surface area contributed by atoms with E-state index < -0.39 is 10.0 Å². The van der Waals surface area contributed by atoms with Crippen molar-refractivity contribution in [2.75, 3.05) is 24.5 Å². The number of amides is 1. The van der Waals surface area contributed by atoms with E-state index in [-0.39, 0.29) is 10.8 Å². The molecule has 156 valence electrons. The van der Waals surface area contributed by atoms with Crippen LogP contribution in [0.5, 0.6) is 0 Å². The zero-order chi connectivity index (χ0) is 20.9. The molecule has 1 amide bonds. The first-order valence-electron chi connectivity index (χ1n) is 9.91. The molecule has 29 heavy (non-hydrogen) atoms. The van der Waals surface area contributed by atoms with Crippen LogP contribution in [0.15, 0.2) is 47.4 Å². The van der Waals surface area contributed by atoms with E-state index in [4.69, 9.17) is 4.74 Å². The molecular formula is C22H28N2O4S. The Balaban J connectivity index is 1.56. The third-order valence-electron chi connectivity index (χ3n) is 4.81. The molecule has 2 aromatic rings. The number of hydrogen-bond acceptors (Lipinski definition) is 4. The number of hydrogen-bond donors (Lipinski definition) is 2. The maximum atomic E-state index is 12.8. The molecule has 0 radical (unpaired) electrons. The topological polar surface area (TPSA) is 84.5 Å². The lowest BCUT2D eigenvalue weighted by Crippen LogP contribution is -2.25. The maximum absolute atomic E-state index is 12.8. The van der Waals surface area contributed by atoms with Crippen LogP contribution >= 0.6 is 0 Å². The average molecular weight is 417 g/mol. The second kappa shape index (κ2) is 9.41. The highest BCUT2D eigenvalue weighted by Crippen LogP contribution is 2.28. The molecule has 0 bridgehead atoms. The predicted octanol–water partition coefficient (Wildman–Crippen LogP) is 3.65. The van der Waals surface area contributed by atoms with Crippen LogP contribution in [-0.4, -0.2) is 34.1 Å². The van der Waals surface area contributed by atoms with Crippen LogP contribution in [0.4, 0.5) is 5.69 Å². The van der Waals surface area contributed by atoms with Gasteiger partial charge in [0.1, 0.15) is 0 Å². The summed E-state index contributed by atoms with van der Waals surface area (Å²) in [6.07, 6.45) is 3.28. The van der Waals surface area contributed by atoms with E-state index in [1.165, 1.54) is 12.8 Å². The maximum Gasteiger partial charge on any atom is 0.262 e. The molecular weight excluding hydrogens is 388 g/mol. The van der Waals surface area contributed by atoms with E-state index in [1.54, 1.807) is 43.3 Å². The van der Waals surface area contributed by atoms with E-state index in [1.807, 2.05) is 13.0 Å². The first-order chi connectivity index (χ1) is 13.8. The quantitative estimate of drug-likeness (QED) is 0.579. The lowest BCUT2D eigenvalue weighted by Gasteiger charge is -2.12. The molecule has 2 N–H and O–H groups in total. The smallest absolute Gasteiger partial charge is 0.262 e. The fraction of sp³-hybridized carbons (Fsp3) is 0.409. The standard InChI is InChI=1S/C22H28N2O4S/c1-16-7-8-17(2)21(13-16)29(26,27)24-20-6-3-5-19(14-20)22(25)23-11-4-12-28-15-18-9-10-18/h3,5-8,13-14,18,24H,4,9-12,15H2,1-2H3,(H,23,25). The van der Waals surface area contributed by atoms with Crippen molar-refractivity contribution < 1.29 is 17.9 Å². The van der Waals surface area contributed by atoms with Crippen molar-refractivity contribution in [3.8, 4) is 0 Å². The molecule has 7 heteroatoms.